The third kappa shape index (κ3) is 4.31. The molecule has 3 aromatic rings. The molecule has 0 bridgehead atoms. The van der Waals surface area contributed by atoms with Gasteiger partial charge in [0.15, 0.2) is 0 Å². The smallest absolute Gasteiger partial charge is 0.238 e. The van der Waals surface area contributed by atoms with Crippen LogP contribution in [0.5, 0.6) is 0 Å². The van der Waals surface area contributed by atoms with Gasteiger partial charge in [-0.25, -0.2) is 0 Å². The number of carbonyl (C=O) groups excluding carboxylic acids is 1. The zero-order valence-electron chi connectivity index (χ0n) is 13.8. The second-order valence-corrected chi connectivity index (χ2v) is 6.00. The molecule has 0 radical (unpaired) electrons. The Morgan fingerprint density at radius 1 is 1.15 bits per heavy atom. The van der Waals surface area contributed by atoms with Gasteiger partial charge in [0.05, 0.1) is 29.4 Å². The number of benzene rings is 2. The van der Waals surface area contributed by atoms with Crippen LogP contribution < -0.4 is 10.6 Å². The molecule has 1 atom stereocenters. The second-order valence-electron chi connectivity index (χ2n) is 5.59. The first kappa shape index (κ1) is 17.7. The average molecular weight is 366 g/mol. The molecule has 130 valence electrons. The maximum atomic E-state index is 12.3. The molecular formula is C20H16ClN3O2. The molecule has 0 saturated heterocycles. The average Bonchev–Trinajstić information content (AvgIpc) is 3.17. The normalized spacial score (nSPS) is 11.5. The molecule has 0 aliphatic rings. The molecule has 0 saturated carbocycles. The SMILES string of the molecule is N#Cc1ccc(NC(=O)CN[C@@H](c2ccccc2)c2ccco2)cc1Cl. The van der Waals surface area contributed by atoms with Crippen LogP contribution in [0.2, 0.25) is 5.02 Å². The lowest BCUT2D eigenvalue weighted by Gasteiger charge is -2.17. The molecule has 0 aliphatic heterocycles. The maximum absolute atomic E-state index is 12.3. The number of hydrogen-bond acceptors (Lipinski definition) is 4. The van der Waals surface area contributed by atoms with Crippen molar-refractivity contribution in [3.63, 3.8) is 0 Å². The summed E-state index contributed by atoms with van der Waals surface area (Å²) in [5.74, 6) is 0.503. The summed E-state index contributed by atoms with van der Waals surface area (Å²) in [5.41, 5.74) is 1.90. The molecular weight excluding hydrogens is 350 g/mol. The molecule has 2 aromatic carbocycles. The van der Waals surface area contributed by atoms with Crippen molar-refractivity contribution in [2.75, 3.05) is 11.9 Å². The van der Waals surface area contributed by atoms with Gasteiger partial charge in [0.2, 0.25) is 5.91 Å². The van der Waals surface area contributed by atoms with E-state index in [4.69, 9.17) is 21.3 Å². The number of amides is 1. The standard InChI is InChI=1S/C20H16ClN3O2/c21-17-11-16(9-8-15(17)12-22)24-19(25)13-23-20(18-7-4-10-26-18)14-5-2-1-3-6-14/h1-11,20,23H,13H2,(H,24,25)/t20-/m0/s1. The molecule has 6 heteroatoms. The van der Waals surface area contributed by atoms with Crippen molar-refractivity contribution in [1.29, 1.82) is 5.26 Å². The van der Waals surface area contributed by atoms with Crippen LogP contribution in [-0.2, 0) is 4.79 Å². The Hall–Kier alpha value is -3.07. The summed E-state index contributed by atoms with van der Waals surface area (Å²) in [4.78, 5) is 12.3. The lowest BCUT2D eigenvalue weighted by Crippen LogP contribution is -2.31. The predicted molar refractivity (Wildman–Crippen MR) is 99.8 cm³/mol. The fourth-order valence-electron chi connectivity index (χ4n) is 2.57. The zero-order chi connectivity index (χ0) is 18.4. The first-order valence-electron chi connectivity index (χ1n) is 7.98. The van der Waals surface area contributed by atoms with Crippen molar-refractivity contribution in [3.8, 4) is 6.07 Å². The Morgan fingerprint density at radius 3 is 2.62 bits per heavy atom. The van der Waals surface area contributed by atoms with E-state index in [1.165, 1.54) is 0 Å². The van der Waals surface area contributed by atoms with Gasteiger partial charge < -0.3 is 9.73 Å². The van der Waals surface area contributed by atoms with E-state index in [9.17, 15) is 4.79 Å². The van der Waals surface area contributed by atoms with Gasteiger partial charge in [-0.05, 0) is 35.9 Å². The number of nitrogens with zero attached hydrogens (tertiary/aromatic N) is 1. The third-order valence-electron chi connectivity index (χ3n) is 3.80. The molecule has 0 spiro atoms. The van der Waals surface area contributed by atoms with E-state index >= 15 is 0 Å². The Balaban J connectivity index is 1.67. The molecule has 5 nitrogen and oxygen atoms in total. The van der Waals surface area contributed by atoms with Crippen LogP contribution in [0.3, 0.4) is 0 Å². The minimum atomic E-state index is -0.235. The largest absolute Gasteiger partial charge is 0.467 e. The fraction of sp³-hybridized carbons (Fsp3) is 0.100. The van der Waals surface area contributed by atoms with E-state index < -0.39 is 0 Å². The Kier molecular flexibility index (Phi) is 5.69. The Labute approximate surface area is 156 Å². The predicted octanol–water partition coefficient (Wildman–Crippen LogP) is 4.12. The summed E-state index contributed by atoms with van der Waals surface area (Å²) in [6.07, 6.45) is 1.60. The summed E-state index contributed by atoms with van der Waals surface area (Å²) in [6.45, 7) is 0.0812. The van der Waals surface area contributed by atoms with Crippen molar-refractivity contribution in [3.05, 3.63) is 88.8 Å². The van der Waals surface area contributed by atoms with Gasteiger partial charge in [-0.1, -0.05) is 41.9 Å². The number of hydrogen-bond donors (Lipinski definition) is 2. The highest BCUT2D eigenvalue weighted by Crippen LogP contribution is 2.22. The van der Waals surface area contributed by atoms with Crippen LogP contribution in [0.15, 0.2) is 71.3 Å². The first-order chi connectivity index (χ1) is 12.7. The van der Waals surface area contributed by atoms with Crippen molar-refractivity contribution in [1.82, 2.24) is 5.32 Å². The monoisotopic (exact) mass is 365 g/mol. The van der Waals surface area contributed by atoms with Gasteiger partial charge in [0.1, 0.15) is 11.8 Å². The molecule has 26 heavy (non-hydrogen) atoms. The highest BCUT2D eigenvalue weighted by atomic mass is 35.5. The van der Waals surface area contributed by atoms with Crippen molar-refractivity contribution >= 4 is 23.2 Å². The van der Waals surface area contributed by atoms with Crippen molar-refractivity contribution in [2.24, 2.45) is 0 Å². The summed E-state index contributed by atoms with van der Waals surface area (Å²) >= 11 is 5.99. The van der Waals surface area contributed by atoms with Gasteiger partial charge in [-0.15, -0.1) is 0 Å². The maximum Gasteiger partial charge on any atom is 0.238 e. The summed E-state index contributed by atoms with van der Waals surface area (Å²) < 4.78 is 5.50. The lowest BCUT2D eigenvalue weighted by atomic mass is 10.0. The Morgan fingerprint density at radius 2 is 1.96 bits per heavy atom. The van der Waals surface area contributed by atoms with Crippen LogP contribution in [0, 0.1) is 11.3 Å². The van der Waals surface area contributed by atoms with Crippen LogP contribution >= 0.6 is 11.6 Å². The Bertz CT molecular complexity index is 918. The first-order valence-corrected chi connectivity index (χ1v) is 8.36. The summed E-state index contributed by atoms with van der Waals surface area (Å²) in [5, 5.41) is 15.2. The number of carbonyl (C=O) groups is 1. The zero-order valence-corrected chi connectivity index (χ0v) is 14.5. The van der Waals surface area contributed by atoms with E-state index in [0.717, 1.165) is 11.3 Å². The molecule has 0 aliphatic carbocycles. The van der Waals surface area contributed by atoms with Gasteiger partial charge in [0.25, 0.3) is 0 Å². The van der Waals surface area contributed by atoms with E-state index in [0.29, 0.717) is 16.3 Å². The highest BCUT2D eigenvalue weighted by molar-refractivity contribution is 6.32. The second kappa shape index (κ2) is 8.34. The van der Waals surface area contributed by atoms with Gasteiger partial charge >= 0.3 is 0 Å². The minimum absolute atomic E-state index is 0.0812. The van der Waals surface area contributed by atoms with Crippen LogP contribution in [-0.4, -0.2) is 12.5 Å². The molecule has 1 aromatic heterocycles. The van der Waals surface area contributed by atoms with Gasteiger partial charge in [-0.3, -0.25) is 10.1 Å². The molecule has 2 N–H and O–H groups in total. The van der Waals surface area contributed by atoms with E-state index in [1.54, 1.807) is 24.5 Å². The topological polar surface area (TPSA) is 78.1 Å². The molecule has 1 heterocycles. The van der Waals surface area contributed by atoms with Crippen LogP contribution in [0.25, 0.3) is 0 Å². The summed E-state index contributed by atoms with van der Waals surface area (Å²) in [7, 11) is 0. The van der Waals surface area contributed by atoms with Crippen LogP contribution in [0.4, 0.5) is 5.69 Å². The number of furan rings is 1. The van der Waals surface area contributed by atoms with Gasteiger partial charge in [-0.2, -0.15) is 5.26 Å². The minimum Gasteiger partial charge on any atom is -0.467 e. The molecule has 1 amide bonds. The van der Waals surface area contributed by atoms with Gasteiger partial charge in [0, 0.05) is 5.69 Å². The summed E-state index contributed by atoms with van der Waals surface area (Å²) in [6, 6.07) is 19.9. The van der Waals surface area contributed by atoms with Crippen LogP contribution in [0.1, 0.15) is 22.9 Å². The molecule has 0 unspecified atom stereocenters. The fourth-order valence-corrected chi connectivity index (χ4v) is 2.79. The van der Waals surface area contributed by atoms with Crippen molar-refractivity contribution in [2.45, 2.75) is 6.04 Å². The highest BCUT2D eigenvalue weighted by Gasteiger charge is 2.17. The molecule has 0 fully saturated rings. The third-order valence-corrected chi connectivity index (χ3v) is 4.11. The van der Waals surface area contributed by atoms with E-state index in [-0.39, 0.29) is 18.5 Å². The number of halogens is 1. The van der Waals surface area contributed by atoms with E-state index in [1.807, 2.05) is 48.5 Å². The quantitative estimate of drug-likeness (QED) is 0.688. The number of nitrogens with one attached hydrogen (secondary N) is 2. The van der Waals surface area contributed by atoms with E-state index in [2.05, 4.69) is 10.6 Å². The van der Waals surface area contributed by atoms with Crippen molar-refractivity contribution < 1.29 is 9.21 Å². The number of nitriles is 1. The number of rotatable bonds is 6. The number of anilines is 1. The lowest BCUT2D eigenvalue weighted by molar-refractivity contribution is -0.115. The molecule has 3 rings (SSSR count).